The zero-order valence-electron chi connectivity index (χ0n) is 10.3. The van der Waals surface area contributed by atoms with Crippen LogP contribution in [0.15, 0.2) is 0 Å². The third kappa shape index (κ3) is 6.40. The highest BCUT2D eigenvalue weighted by Crippen LogP contribution is 1.95. The summed E-state index contributed by atoms with van der Waals surface area (Å²) in [4.78, 5) is 22.5. The van der Waals surface area contributed by atoms with Crippen molar-refractivity contribution < 1.29 is 14.3 Å². The summed E-state index contributed by atoms with van der Waals surface area (Å²) in [5.74, 6) is -0.255. The fourth-order valence-electron chi connectivity index (χ4n) is 1.28. The van der Waals surface area contributed by atoms with Crippen LogP contribution in [-0.4, -0.2) is 37.6 Å². The first-order chi connectivity index (χ1) is 7.65. The van der Waals surface area contributed by atoms with Gasteiger partial charge in [-0.15, -0.1) is 0 Å². The Morgan fingerprint density at radius 1 is 1.25 bits per heavy atom. The van der Waals surface area contributed by atoms with Crippen molar-refractivity contribution in [1.82, 2.24) is 10.6 Å². The summed E-state index contributed by atoms with van der Waals surface area (Å²) in [5, 5.41) is 5.70. The maximum atomic E-state index is 11.4. The van der Waals surface area contributed by atoms with E-state index in [9.17, 15) is 9.59 Å². The van der Waals surface area contributed by atoms with E-state index in [0.29, 0.717) is 32.5 Å². The van der Waals surface area contributed by atoms with Crippen LogP contribution in [0.4, 0.5) is 0 Å². The Balaban J connectivity index is 3.78. The number of ether oxygens (including phenoxy) is 1. The minimum Gasteiger partial charge on any atom is -0.465 e. The highest BCUT2D eigenvalue weighted by Gasteiger charge is 2.16. The molecule has 1 amide bonds. The lowest BCUT2D eigenvalue weighted by Crippen LogP contribution is -2.39. The molecule has 0 aliphatic carbocycles. The van der Waals surface area contributed by atoms with Gasteiger partial charge >= 0.3 is 5.97 Å². The van der Waals surface area contributed by atoms with Gasteiger partial charge < -0.3 is 15.4 Å². The van der Waals surface area contributed by atoms with E-state index in [4.69, 9.17) is 4.74 Å². The zero-order chi connectivity index (χ0) is 12.4. The molecule has 0 saturated heterocycles. The number of nitrogens with one attached hydrogen (secondary N) is 2. The molecular weight excluding hydrogens is 208 g/mol. The Labute approximate surface area is 96.9 Å². The molecule has 1 unspecified atom stereocenters. The Bertz CT molecular complexity index is 219. The third-order valence-electron chi connectivity index (χ3n) is 2.10. The molecule has 0 saturated carbocycles. The van der Waals surface area contributed by atoms with Gasteiger partial charge in [-0.3, -0.25) is 9.59 Å². The van der Waals surface area contributed by atoms with Crippen molar-refractivity contribution in [3.05, 3.63) is 0 Å². The summed E-state index contributed by atoms with van der Waals surface area (Å²) in [6.07, 6.45) is 1.04. The maximum absolute atomic E-state index is 11.4. The van der Waals surface area contributed by atoms with Gasteiger partial charge in [0.1, 0.15) is 6.04 Å². The summed E-state index contributed by atoms with van der Waals surface area (Å²) in [6, 6.07) is -0.311. The molecule has 0 aromatic heterocycles. The van der Waals surface area contributed by atoms with Gasteiger partial charge in [0.05, 0.1) is 6.61 Å². The van der Waals surface area contributed by atoms with Crippen molar-refractivity contribution >= 4 is 11.9 Å². The van der Waals surface area contributed by atoms with Crippen molar-refractivity contribution in [2.75, 3.05) is 19.7 Å². The molecule has 2 N–H and O–H groups in total. The number of hydrogen-bond acceptors (Lipinski definition) is 4. The molecule has 94 valence electrons. The molecule has 0 fully saturated rings. The molecular formula is C11H22N2O3. The Morgan fingerprint density at radius 3 is 2.44 bits per heavy atom. The molecule has 0 aliphatic rings. The van der Waals surface area contributed by atoms with E-state index in [1.807, 2.05) is 13.8 Å². The minimum absolute atomic E-state index is 0.00582. The van der Waals surface area contributed by atoms with Crippen LogP contribution in [0.25, 0.3) is 0 Å². The van der Waals surface area contributed by atoms with Crippen LogP contribution in [-0.2, 0) is 14.3 Å². The predicted molar refractivity (Wildman–Crippen MR) is 62.0 cm³/mol. The quantitative estimate of drug-likeness (QED) is 0.594. The highest BCUT2D eigenvalue weighted by atomic mass is 16.5. The average Bonchev–Trinajstić information content (AvgIpc) is 2.25. The molecule has 0 rings (SSSR count). The second kappa shape index (κ2) is 9.15. The second-order valence-corrected chi connectivity index (χ2v) is 3.37. The number of hydrogen-bond donors (Lipinski definition) is 2. The molecule has 0 bridgehead atoms. The Morgan fingerprint density at radius 2 is 1.94 bits per heavy atom. The second-order valence-electron chi connectivity index (χ2n) is 3.37. The number of carbonyl (C=O) groups excluding carboxylic acids is 2. The molecule has 0 heterocycles. The van der Waals surface area contributed by atoms with E-state index < -0.39 is 0 Å². The van der Waals surface area contributed by atoms with Crippen LogP contribution < -0.4 is 10.6 Å². The minimum atomic E-state index is -0.311. The van der Waals surface area contributed by atoms with Crippen LogP contribution in [0.2, 0.25) is 0 Å². The van der Waals surface area contributed by atoms with E-state index in [0.717, 1.165) is 0 Å². The monoisotopic (exact) mass is 230 g/mol. The lowest BCUT2D eigenvalue weighted by Gasteiger charge is -2.14. The Kier molecular flexibility index (Phi) is 8.52. The van der Waals surface area contributed by atoms with E-state index in [2.05, 4.69) is 10.6 Å². The fourth-order valence-corrected chi connectivity index (χ4v) is 1.28. The normalized spacial score (nSPS) is 11.9. The van der Waals surface area contributed by atoms with Gasteiger partial charge in [0.15, 0.2) is 0 Å². The first kappa shape index (κ1) is 14.9. The van der Waals surface area contributed by atoms with E-state index in [-0.39, 0.29) is 17.9 Å². The van der Waals surface area contributed by atoms with Gasteiger partial charge in [-0.25, -0.2) is 0 Å². The van der Waals surface area contributed by atoms with Crippen LogP contribution in [0.3, 0.4) is 0 Å². The summed E-state index contributed by atoms with van der Waals surface area (Å²) >= 11 is 0. The maximum Gasteiger partial charge on any atom is 0.323 e. The van der Waals surface area contributed by atoms with Crippen LogP contribution in [0, 0.1) is 0 Å². The average molecular weight is 230 g/mol. The largest absolute Gasteiger partial charge is 0.465 e. The van der Waals surface area contributed by atoms with Crippen LogP contribution >= 0.6 is 0 Å². The highest BCUT2D eigenvalue weighted by molar-refractivity contribution is 5.77. The molecule has 0 aliphatic heterocycles. The first-order valence-electron chi connectivity index (χ1n) is 5.82. The molecule has 1 atom stereocenters. The van der Waals surface area contributed by atoms with Gasteiger partial charge in [-0.05, 0) is 20.3 Å². The van der Waals surface area contributed by atoms with Gasteiger partial charge in [-0.2, -0.15) is 0 Å². The lowest BCUT2D eigenvalue weighted by molar-refractivity contribution is -0.145. The van der Waals surface area contributed by atoms with Gasteiger partial charge in [-0.1, -0.05) is 6.92 Å². The van der Waals surface area contributed by atoms with Crippen molar-refractivity contribution in [1.29, 1.82) is 0 Å². The molecule has 0 spiro atoms. The topological polar surface area (TPSA) is 67.4 Å². The van der Waals surface area contributed by atoms with Crippen LogP contribution in [0.5, 0.6) is 0 Å². The Hall–Kier alpha value is -1.10. The van der Waals surface area contributed by atoms with Crippen LogP contribution in [0.1, 0.15) is 33.6 Å². The van der Waals surface area contributed by atoms with Crippen molar-refractivity contribution in [2.24, 2.45) is 0 Å². The van der Waals surface area contributed by atoms with E-state index in [1.54, 1.807) is 6.92 Å². The summed E-state index contributed by atoms with van der Waals surface area (Å²) in [7, 11) is 0. The molecule has 16 heavy (non-hydrogen) atoms. The summed E-state index contributed by atoms with van der Waals surface area (Å²) in [6.45, 7) is 7.06. The molecule has 0 aromatic carbocycles. The van der Waals surface area contributed by atoms with Crippen molar-refractivity contribution in [3.63, 3.8) is 0 Å². The van der Waals surface area contributed by atoms with E-state index >= 15 is 0 Å². The van der Waals surface area contributed by atoms with Gasteiger partial charge in [0.25, 0.3) is 0 Å². The lowest BCUT2D eigenvalue weighted by atomic mass is 10.2. The predicted octanol–water partition coefficient (Wildman–Crippen LogP) is 0.444. The third-order valence-corrected chi connectivity index (χ3v) is 2.10. The number of carbonyl (C=O) groups is 2. The summed E-state index contributed by atoms with van der Waals surface area (Å²) < 4.78 is 4.90. The number of amides is 1. The van der Waals surface area contributed by atoms with Crippen molar-refractivity contribution in [2.45, 2.75) is 39.7 Å². The van der Waals surface area contributed by atoms with Gasteiger partial charge in [0.2, 0.25) is 5.91 Å². The van der Waals surface area contributed by atoms with E-state index in [1.165, 1.54) is 0 Å². The van der Waals surface area contributed by atoms with Gasteiger partial charge in [0, 0.05) is 19.5 Å². The SMILES string of the molecule is CCNC(=O)CCNC(CC)C(=O)OCC. The standard InChI is InChI=1S/C11H22N2O3/c1-4-9(11(15)16-6-3)13-8-7-10(14)12-5-2/h9,13H,4-8H2,1-3H3,(H,12,14). The first-order valence-corrected chi connectivity index (χ1v) is 5.82. The molecule has 5 heteroatoms. The molecule has 0 aromatic rings. The molecule has 0 radical (unpaired) electrons. The van der Waals surface area contributed by atoms with Crippen molar-refractivity contribution in [3.8, 4) is 0 Å². The fraction of sp³-hybridized carbons (Fsp3) is 0.818. The smallest absolute Gasteiger partial charge is 0.323 e. The zero-order valence-corrected chi connectivity index (χ0v) is 10.3. The molecule has 5 nitrogen and oxygen atoms in total. The number of esters is 1. The summed E-state index contributed by atoms with van der Waals surface area (Å²) in [5.41, 5.74) is 0. The number of rotatable bonds is 8.